The monoisotopic (exact) mass is 231 g/mol. The van der Waals surface area contributed by atoms with Crippen molar-refractivity contribution in [2.45, 2.75) is 24.6 Å². The molecule has 1 aliphatic heterocycles. The molecular formula is C10H21N3OS. The third-order valence-electron chi connectivity index (χ3n) is 2.84. The molecule has 0 spiro atoms. The number of nitrogens with two attached hydrogens (primary N) is 1. The largest absolute Gasteiger partial charge is 0.339 e. The highest BCUT2D eigenvalue weighted by atomic mass is 32.1. The van der Waals surface area contributed by atoms with E-state index in [1.54, 1.807) is 0 Å². The molecule has 1 saturated heterocycles. The van der Waals surface area contributed by atoms with E-state index in [1.165, 1.54) is 0 Å². The summed E-state index contributed by atoms with van der Waals surface area (Å²) in [7, 11) is 2.06. The zero-order valence-corrected chi connectivity index (χ0v) is 10.6. The fourth-order valence-corrected chi connectivity index (χ4v) is 1.64. The van der Waals surface area contributed by atoms with Gasteiger partial charge in [0.25, 0.3) is 0 Å². The SMILES string of the molecule is CN1CCN(C(=O)C(N)C(C)(C)S)CC1. The molecule has 0 aromatic heterocycles. The molecule has 0 radical (unpaired) electrons. The molecule has 4 nitrogen and oxygen atoms in total. The number of rotatable bonds is 2. The van der Waals surface area contributed by atoms with Gasteiger partial charge in [-0.05, 0) is 20.9 Å². The van der Waals surface area contributed by atoms with Gasteiger partial charge >= 0.3 is 0 Å². The molecule has 1 rings (SSSR count). The predicted octanol–water partition coefficient (Wildman–Crippen LogP) is -0.204. The van der Waals surface area contributed by atoms with Crippen molar-refractivity contribution in [2.24, 2.45) is 5.73 Å². The van der Waals surface area contributed by atoms with Crippen LogP contribution in [0.3, 0.4) is 0 Å². The molecule has 1 amide bonds. The van der Waals surface area contributed by atoms with E-state index in [0.717, 1.165) is 26.2 Å². The zero-order chi connectivity index (χ0) is 11.6. The maximum absolute atomic E-state index is 12.0. The van der Waals surface area contributed by atoms with Crippen molar-refractivity contribution >= 4 is 18.5 Å². The second-order valence-electron chi connectivity index (χ2n) is 4.76. The van der Waals surface area contributed by atoms with Crippen LogP contribution in [0, 0.1) is 0 Å². The minimum atomic E-state index is -0.524. The number of hydrogen-bond donors (Lipinski definition) is 2. The van der Waals surface area contributed by atoms with E-state index in [1.807, 2.05) is 18.7 Å². The number of hydrogen-bond acceptors (Lipinski definition) is 4. The van der Waals surface area contributed by atoms with Gasteiger partial charge in [0.15, 0.2) is 0 Å². The third kappa shape index (κ3) is 3.36. The maximum atomic E-state index is 12.0. The standard InChI is InChI=1S/C10H21N3OS/c1-10(2,15)8(11)9(14)13-6-4-12(3)5-7-13/h8,15H,4-7,11H2,1-3H3. The molecule has 0 aromatic rings. The molecule has 88 valence electrons. The smallest absolute Gasteiger partial charge is 0.240 e. The van der Waals surface area contributed by atoms with Crippen molar-refractivity contribution < 1.29 is 4.79 Å². The highest BCUT2D eigenvalue weighted by Crippen LogP contribution is 2.18. The molecule has 1 atom stereocenters. The lowest BCUT2D eigenvalue weighted by molar-refractivity contribution is -0.134. The van der Waals surface area contributed by atoms with Crippen LogP contribution in [0.5, 0.6) is 0 Å². The molecule has 2 N–H and O–H groups in total. The lowest BCUT2D eigenvalue weighted by Crippen LogP contribution is -2.56. The minimum Gasteiger partial charge on any atom is -0.339 e. The lowest BCUT2D eigenvalue weighted by atomic mass is 10.0. The molecule has 0 aromatic carbocycles. The number of nitrogens with zero attached hydrogens (tertiary/aromatic N) is 2. The molecule has 0 saturated carbocycles. The fraction of sp³-hybridized carbons (Fsp3) is 0.900. The summed E-state index contributed by atoms with van der Waals surface area (Å²) >= 11 is 4.34. The predicted molar refractivity (Wildman–Crippen MR) is 65.1 cm³/mol. The first-order valence-corrected chi connectivity index (χ1v) is 5.72. The molecule has 1 unspecified atom stereocenters. The zero-order valence-electron chi connectivity index (χ0n) is 9.73. The highest BCUT2D eigenvalue weighted by molar-refractivity contribution is 7.81. The summed E-state index contributed by atoms with van der Waals surface area (Å²) in [6.07, 6.45) is 0. The molecule has 0 bridgehead atoms. The van der Waals surface area contributed by atoms with Crippen LogP contribution in [0.1, 0.15) is 13.8 Å². The Hall–Kier alpha value is -0.260. The third-order valence-corrected chi connectivity index (χ3v) is 3.12. The molecule has 5 heteroatoms. The van der Waals surface area contributed by atoms with E-state index in [2.05, 4.69) is 24.6 Å². The molecule has 1 heterocycles. The van der Waals surface area contributed by atoms with Gasteiger partial charge in [-0.25, -0.2) is 0 Å². The summed E-state index contributed by atoms with van der Waals surface area (Å²) in [5.74, 6) is 0.0168. The van der Waals surface area contributed by atoms with Crippen molar-refractivity contribution in [1.82, 2.24) is 9.80 Å². The summed E-state index contributed by atoms with van der Waals surface area (Å²) in [5.41, 5.74) is 5.88. The Bertz CT molecular complexity index is 231. The number of carbonyl (C=O) groups is 1. The minimum absolute atomic E-state index is 0.0168. The number of likely N-dealkylation sites (N-methyl/N-ethyl adjacent to an activating group) is 1. The van der Waals surface area contributed by atoms with Crippen LogP contribution in [-0.2, 0) is 4.79 Å². The summed E-state index contributed by atoms with van der Waals surface area (Å²) in [6.45, 7) is 7.13. The van der Waals surface area contributed by atoms with Crippen LogP contribution in [0.15, 0.2) is 0 Å². The van der Waals surface area contributed by atoms with Gasteiger partial charge in [-0.3, -0.25) is 4.79 Å². The van der Waals surface area contributed by atoms with Crippen LogP contribution in [0.4, 0.5) is 0 Å². The second kappa shape index (κ2) is 4.72. The maximum Gasteiger partial charge on any atom is 0.240 e. The Morgan fingerprint density at radius 3 is 2.20 bits per heavy atom. The summed E-state index contributed by atoms with van der Waals surface area (Å²) < 4.78 is -0.458. The molecule has 15 heavy (non-hydrogen) atoms. The number of piperazine rings is 1. The van der Waals surface area contributed by atoms with Crippen molar-refractivity contribution in [3.05, 3.63) is 0 Å². The van der Waals surface area contributed by atoms with Crippen molar-refractivity contribution in [3.8, 4) is 0 Å². The Morgan fingerprint density at radius 2 is 1.80 bits per heavy atom. The Morgan fingerprint density at radius 1 is 1.33 bits per heavy atom. The quantitative estimate of drug-likeness (QED) is 0.647. The first-order chi connectivity index (χ1) is 6.82. The van der Waals surface area contributed by atoms with Crippen molar-refractivity contribution in [2.75, 3.05) is 33.2 Å². The van der Waals surface area contributed by atoms with Crippen LogP contribution in [-0.4, -0.2) is 59.7 Å². The topological polar surface area (TPSA) is 49.6 Å². The first-order valence-electron chi connectivity index (χ1n) is 5.27. The first kappa shape index (κ1) is 12.8. The van der Waals surface area contributed by atoms with Crippen molar-refractivity contribution in [1.29, 1.82) is 0 Å². The number of thiol groups is 1. The van der Waals surface area contributed by atoms with Crippen LogP contribution >= 0.6 is 12.6 Å². The number of amides is 1. The van der Waals surface area contributed by atoms with Gasteiger partial charge < -0.3 is 15.5 Å². The van der Waals surface area contributed by atoms with E-state index in [-0.39, 0.29) is 5.91 Å². The molecular weight excluding hydrogens is 210 g/mol. The average molecular weight is 231 g/mol. The Labute approximate surface area is 97.2 Å². The van der Waals surface area contributed by atoms with Gasteiger partial charge in [0, 0.05) is 30.9 Å². The summed E-state index contributed by atoms with van der Waals surface area (Å²) in [4.78, 5) is 16.0. The van der Waals surface area contributed by atoms with Gasteiger partial charge in [0.05, 0.1) is 6.04 Å². The van der Waals surface area contributed by atoms with E-state index in [0.29, 0.717) is 0 Å². The van der Waals surface area contributed by atoms with Gasteiger partial charge in [-0.1, -0.05) is 0 Å². The van der Waals surface area contributed by atoms with Crippen LogP contribution < -0.4 is 5.73 Å². The van der Waals surface area contributed by atoms with E-state index in [4.69, 9.17) is 5.73 Å². The van der Waals surface area contributed by atoms with E-state index >= 15 is 0 Å². The number of carbonyl (C=O) groups excluding carboxylic acids is 1. The van der Waals surface area contributed by atoms with Gasteiger partial charge in [0.1, 0.15) is 0 Å². The van der Waals surface area contributed by atoms with Gasteiger partial charge in [-0.15, -0.1) is 0 Å². The lowest BCUT2D eigenvalue weighted by Gasteiger charge is -2.36. The van der Waals surface area contributed by atoms with Crippen LogP contribution in [0.25, 0.3) is 0 Å². The molecule has 1 fully saturated rings. The second-order valence-corrected chi connectivity index (χ2v) is 5.91. The van der Waals surface area contributed by atoms with Crippen LogP contribution in [0.2, 0.25) is 0 Å². The average Bonchev–Trinajstić information content (AvgIpc) is 2.15. The van der Waals surface area contributed by atoms with E-state index < -0.39 is 10.8 Å². The summed E-state index contributed by atoms with van der Waals surface area (Å²) in [6, 6.07) is -0.524. The Balaban J connectivity index is 2.54. The van der Waals surface area contributed by atoms with E-state index in [9.17, 15) is 4.79 Å². The molecule has 0 aliphatic carbocycles. The fourth-order valence-electron chi connectivity index (χ4n) is 1.53. The van der Waals surface area contributed by atoms with Gasteiger partial charge in [-0.2, -0.15) is 12.6 Å². The normalized spacial score (nSPS) is 21.5. The van der Waals surface area contributed by atoms with Crippen molar-refractivity contribution in [3.63, 3.8) is 0 Å². The molecule has 1 aliphatic rings. The summed E-state index contributed by atoms with van der Waals surface area (Å²) in [5, 5.41) is 0. The Kier molecular flexibility index (Phi) is 4.03. The van der Waals surface area contributed by atoms with Gasteiger partial charge in [0.2, 0.25) is 5.91 Å². The highest BCUT2D eigenvalue weighted by Gasteiger charge is 2.32.